The summed E-state index contributed by atoms with van der Waals surface area (Å²) in [6.45, 7) is 5.93. The lowest BCUT2D eigenvalue weighted by Crippen LogP contribution is -2.45. The molecule has 1 rings (SSSR count). The maximum absolute atomic E-state index is 11.6. The normalized spacial score (nSPS) is 13.6. The number of carbonyl (C=O) groups is 1. The highest BCUT2D eigenvalue weighted by molar-refractivity contribution is 5.85. The molecule has 1 unspecified atom stereocenters. The quantitative estimate of drug-likeness (QED) is 0.769. The van der Waals surface area contributed by atoms with Crippen LogP contribution in [0.5, 0.6) is 0 Å². The monoisotopic (exact) mass is 286 g/mol. The van der Waals surface area contributed by atoms with Gasteiger partial charge in [0.15, 0.2) is 0 Å². The summed E-state index contributed by atoms with van der Waals surface area (Å²) in [5, 5.41) is 12.6. The first-order chi connectivity index (χ1) is 8.41. The zero-order chi connectivity index (χ0) is 13.7. The maximum Gasteiger partial charge on any atom is 0.237 e. The molecule has 0 aliphatic heterocycles. The first kappa shape index (κ1) is 17.9. The minimum Gasteiger partial charge on any atom is -0.387 e. The van der Waals surface area contributed by atoms with Crippen LogP contribution in [0.25, 0.3) is 0 Å². The molecule has 0 saturated carbocycles. The molecule has 0 fully saturated rings. The van der Waals surface area contributed by atoms with Crippen molar-refractivity contribution in [3.63, 3.8) is 0 Å². The van der Waals surface area contributed by atoms with Gasteiger partial charge in [-0.1, -0.05) is 43.7 Å². The number of rotatable bonds is 5. The average Bonchev–Trinajstić information content (AvgIpc) is 2.34. The number of nitrogens with one attached hydrogen (secondary N) is 1. The van der Waals surface area contributed by atoms with Gasteiger partial charge in [0.1, 0.15) is 0 Å². The van der Waals surface area contributed by atoms with Gasteiger partial charge in [-0.25, -0.2) is 0 Å². The van der Waals surface area contributed by atoms with E-state index in [4.69, 9.17) is 5.73 Å². The van der Waals surface area contributed by atoms with Crippen LogP contribution in [0.15, 0.2) is 24.3 Å². The molecule has 0 aromatic heterocycles. The molecule has 4 N–H and O–H groups in total. The van der Waals surface area contributed by atoms with Gasteiger partial charge in [0, 0.05) is 6.54 Å². The van der Waals surface area contributed by atoms with Crippen LogP contribution in [0.1, 0.15) is 31.1 Å². The Bertz CT molecular complexity index is 410. The molecule has 1 amide bonds. The molecule has 2 atom stereocenters. The Hall–Kier alpha value is -1.10. The van der Waals surface area contributed by atoms with Crippen LogP contribution < -0.4 is 11.1 Å². The second-order valence-electron chi connectivity index (χ2n) is 4.94. The summed E-state index contributed by atoms with van der Waals surface area (Å²) < 4.78 is 0. The van der Waals surface area contributed by atoms with Crippen molar-refractivity contribution in [2.75, 3.05) is 6.54 Å². The van der Waals surface area contributed by atoms with Gasteiger partial charge >= 0.3 is 0 Å². The third-order valence-electron chi connectivity index (χ3n) is 2.92. The average molecular weight is 287 g/mol. The summed E-state index contributed by atoms with van der Waals surface area (Å²) in [6.07, 6.45) is -0.701. The summed E-state index contributed by atoms with van der Waals surface area (Å²) in [6, 6.07) is 7.06. The Balaban J connectivity index is 0.00000324. The third kappa shape index (κ3) is 5.59. The minimum absolute atomic E-state index is 0. The van der Waals surface area contributed by atoms with Crippen LogP contribution in [0, 0.1) is 12.8 Å². The molecule has 108 valence electrons. The molecule has 19 heavy (non-hydrogen) atoms. The van der Waals surface area contributed by atoms with Crippen LogP contribution in [0.3, 0.4) is 0 Å². The Morgan fingerprint density at radius 3 is 2.58 bits per heavy atom. The zero-order valence-corrected chi connectivity index (χ0v) is 12.4. The highest BCUT2D eigenvalue weighted by atomic mass is 35.5. The number of aliphatic hydroxyl groups is 1. The summed E-state index contributed by atoms with van der Waals surface area (Å²) in [5.74, 6) is -0.141. The van der Waals surface area contributed by atoms with E-state index < -0.39 is 12.1 Å². The molecular weight excluding hydrogens is 264 g/mol. The van der Waals surface area contributed by atoms with Crippen molar-refractivity contribution in [1.82, 2.24) is 5.32 Å². The van der Waals surface area contributed by atoms with E-state index in [1.54, 1.807) is 0 Å². The predicted octanol–water partition coefficient (Wildman–Crippen LogP) is 1.55. The number of aryl methyl sites for hydroxylation is 1. The predicted molar refractivity (Wildman–Crippen MR) is 79.2 cm³/mol. The largest absolute Gasteiger partial charge is 0.387 e. The maximum atomic E-state index is 11.6. The second-order valence-corrected chi connectivity index (χ2v) is 4.94. The fraction of sp³-hybridized carbons (Fsp3) is 0.500. The van der Waals surface area contributed by atoms with Gasteiger partial charge in [0.05, 0.1) is 12.1 Å². The van der Waals surface area contributed by atoms with E-state index >= 15 is 0 Å². The molecule has 0 spiro atoms. The Morgan fingerprint density at radius 2 is 2.05 bits per heavy atom. The molecular formula is C14H23ClN2O2. The molecule has 0 aliphatic carbocycles. The van der Waals surface area contributed by atoms with E-state index in [-0.39, 0.29) is 30.8 Å². The van der Waals surface area contributed by atoms with Gasteiger partial charge in [0.25, 0.3) is 0 Å². The Morgan fingerprint density at radius 1 is 1.42 bits per heavy atom. The third-order valence-corrected chi connectivity index (χ3v) is 2.92. The molecule has 4 nitrogen and oxygen atoms in total. The standard InChI is InChI=1S/C14H22N2O2.ClH/c1-9(2)13(15)14(18)16-8-12(17)11-6-4-5-10(3)7-11;/h4-7,9,12-13,17H,8,15H2,1-3H3,(H,16,18);1H/t12?,13-;/m0./s1. The van der Waals surface area contributed by atoms with Crippen LogP contribution in [0.2, 0.25) is 0 Å². The number of nitrogens with two attached hydrogens (primary N) is 1. The van der Waals surface area contributed by atoms with E-state index in [2.05, 4.69) is 5.32 Å². The van der Waals surface area contributed by atoms with Crippen LogP contribution in [-0.4, -0.2) is 23.6 Å². The highest BCUT2D eigenvalue weighted by Crippen LogP contribution is 2.13. The number of halogens is 1. The molecule has 0 heterocycles. The van der Waals surface area contributed by atoms with Gasteiger partial charge in [-0.05, 0) is 18.4 Å². The first-order valence-electron chi connectivity index (χ1n) is 6.19. The lowest BCUT2D eigenvalue weighted by Gasteiger charge is -2.17. The topological polar surface area (TPSA) is 75.3 Å². The van der Waals surface area contributed by atoms with Crippen LogP contribution >= 0.6 is 12.4 Å². The van der Waals surface area contributed by atoms with Crippen LogP contribution in [-0.2, 0) is 4.79 Å². The molecule has 0 aliphatic rings. The minimum atomic E-state index is -0.701. The van der Waals surface area contributed by atoms with E-state index in [9.17, 15) is 9.90 Å². The van der Waals surface area contributed by atoms with E-state index in [0.29, 0.717) is 0 Å². The zero-order valence-electron chi connectivity index (χ0n) is 11.6. The summed E-state index contributed by atoms with van der Waals surface area (Å²) in [5.41, 5.74) is 7.60. The summed E-state index contributed by atoms with van der Waals surface area (Å²) in [7, 11) is 0. The van der Waals surface area contributed by atoms with Crippen molar-refractivity contribution in [2.24, 2.45) is 11.7 Å². The number of carbonyl (C=O) groups excluding carboxylic acids is 1. The summed E-state index contributed by atoms with van der Waals surface area (Å²) >= 11 is 0. The Labute approximate surface area is 120 Å². The van der Waals surface area contributed by atoms with Crippen molar-refractivity contribution in [3.05, 3.63) is 35.4 Å². The Kier molecular flexibility index (Phi) is 7.68. The van der Waals surface area contributed by atoms with E-state index in [1.807, 2.05) is 45.0 Å². The smallest absolute Gasteiger partial charge is 0.237 e. The van der Waals surface area contributed by atoms with Crippen molar-refractivity contribution in [3.8, 4) is 0 Å². The van der Waals surface area contributed by atoms with E-state index in [1.165, 1.54) is 0 Å². The number of hydrogen-bond acceptors (Lipinski definition) is 3. The highest BCUT2D eigenvalue weighted by Gasteiger charge is 2.18. The number of hydrogen-bond donors (Lipinski definition) is 3. The molecule has 1 aromatic carbocycles. The fourth-order valence-electron chi connectivity index (χ4n) is 1.61. The van der Waals surface area contributed by atoms with Crippen LogP contribution in [0.4, 0.5) is 0 Å². The van der Waals surface area contributed by atoms with Gasteiger partial charge < -0.3 is 16.2 Å². The van der Waals surface area contributed by atoms with Gasteiger partial charge in [-0.15, -0.1) is 12.4 Å². The van der Waals surface area contributed by atoms with Gasteiger partial charge in [-0.3, -0.25) is 4.79 Å². The molecule has 1 aromatic rings. The first-order valence-corrected chi connectivity index (χ1v) is 6.19. The number of aliphatic hydroxyl groups excluding tert-OH is 1. The van der Waals surface area contributed by atoms with Crippen molar-refractivity contribution < 1.29 is 9.90 Å². The molecule has 0 saturated heterocycles. The van der Waals surface area contributed by atoms with Gasteiger partial charge in [0.2, 0.25) is 5.91 Å². The van der Waals surface area contributed by atoms with Crippen molar-refractivity contribution >= 4 is 18.3 Å². The molecule has 0 radical (unpaired) electrons. The lowest BCUT2D eigenvalue weighted by atomic mass is 10.0. The fourth-order valence-corrected chi connectivity index (χ4v) is 1.61. The van der Waals surface area contributed by atoms with Crippen molar-refractivity contribution in [2.45, 2.75) is 32.9 Å². The van der Waals surface area contributed by atoms with E-state index in [0.717, 1.165) is 11.1 Å². The SMILES string of the molecule is Cc1cccc(C(O)CNC(=O)[C@@H](N)C(C)C)c1.Cl. The molecule has 5 heteroatoms. The lowest BCUT2D eigenvalue weighted by molar-refractivity contribution is -0.123. The molecule has 0 bridgehead atoms. The van der Waals surface area contributed by atoms with Gasteiger partial charge in [-0.2, -0.15) is 0 Å². The summed E-state index contributed by atoms with van der Waals surface area (Å²) in [4.78, 5) is 11.6. The number of amides is 1. The number of benzene rings is 1. The van der Waals surface area contributed by atoms with Crippen molar-refractivity contribution in [1.29, 1.82) is 0 Å². The second kappa shape index (κ2) is 8.15.